The summed E-state index contributed by atoms with van der Waals surface area (Å²) in [4.78, 5) is 46.5. The van der Waals surface area contributed by atoms with E-state index in [1.807, 2.05) is 0 Å². The van der Waals surface area contributed by atoms with Crippen LogP contribution in [-0.2, 0) is 9.47 Å². The summed E-state index contributed by atoms with van der Waals surface area (Å²) in [6, 6.07) is 7.29. The van der Waals surface area contributed by atoms with E-state index in [2.05, 4.69) is 10.1 Å². The normalized spacial score (nSPS) is 10.1. The number of methoxy groups -OCH3 is 1. The number of amides is 1. The number of nitrogens with zero attached hydrogens (tertiary/aromatic N) is 1. The third kappa shape index (κ3) is 4.83. The quantitative estimate of drug-likeness (QED) is 0.442. The zero-order valence-corrected chi connectivity index (χ0v) is 15.6. The molecule has 0 spiro atoms. The summed E-state index contributed by atoms with van der Waals surface area (Å²) < 4.78 is 9.43. The summed E-state index contributed by atoms with van der Waals surface area (Å²) >= 11 is 6.03. The van der Waals surface area contributed by atoms with E-state index in [9.17, 15) is 24.5 Å². The predicted octanol–water partition coefficient (Wildman–Crippen LogP) is 3.46. The van der Waals surface area contributed by atoms with Gasteiger partial charge < -0.3 is 14.8 Å². The van der Waals surface area contributed by atoms with E-state index in [4.69, 9.17) is 16.3 Å². The van der Waals surface area contributed by atoms with Gasteiger partial charge in [-0.05, 0) is 31.2 Å². The zero-order valence-electron chi connectivity index (χ0n) is 14.9. The molecule has 9 nitrogen and oxygen atoms in total. The Morgan fingerprint density at radius 1 is 1.07 bits per heavy atom. The van der Waals surface area contributed by atoms with Crippen LogP contribution in [0.1, 0.15) is 38.0 Å². The van der Waals surface area contributed by atoms with Crippen LogP contribution in [0.5, 0.6) is 0 Å². The Hall–Kier alpha value is -3.46. The van der Waals surface area contributed by atoms with E-state index in [1.165, 1.54) is 31.4 Å². The van der Waals surface area contributed by atoms with Crippen molar-refractivity contribution in [2.24, 2.45) is 0 Å². The van der Waals surface area contributed by atoms with Gasteiger partial charge in [0.15, 0.2) is 0 Å². The van der Waals surface area contributed by atoms with Crippen LogP contribution in [0.4, 0.5) is 11.4 Å². The lowest BCUT2D eigenvalue weighted by atomic mass is 10.1. The zero-order chi connectivity index (χ0) is 20.8. The van der Waals surface area contributed by atoms with E-state index in [-0.39, 0.29) is 34.0 Å². The Kier molecular flexibility index (Phi) is 6.67. The number of nitrogens with one attached hydrogen (secondary N) is 1. The van der Waals surface area contributed by atoms with Crippen LogP contribution in [0.3, 0.4) is 0 Å². The van der Waals surface area contributed by atoms with Gasteiger partial charge in [0, 0.05) is 17.7 Å². The summed E-state index contributed by atoms with van der Waals surface area (Å²) in [5, 5.41) is 13.7. The molecule has 0 saturated heterocycles. The molecule has 0 fully saturated rings. The van der Waals surface area contributed by atoms with Gasteiger partial charge in [0.2, 0.25) is 0 Å². The molecule has 0 aromatic heterocycles. The van der Waals surface area contributed by atoms with Gasteiger partial charge in [0.05, 0.1) is 40.5 Å². The molecular formula is C18H15ClN2O7. The van der Waals surface area contributed by atoms with E-state index in [0.29, 0.717) is 0 Å². The number of nitro groups is 1. The number of halogens is 1. The molecule has 0 radical (unpaired) electrons. The molecule has 0 aliphatic carbocycles. The topological polar surface area (TPSA) is 125 Å². The second-order valence-corrected chi connectivity index (χ2v) is 5.79. The SMILES string of the molecule is CCOC(=O)c1cc(C(=O)Nc2cc(C(=O)OC)ccc2Cl)cc([N+](=O)[O-])c1. The lowest BCUT2D eigenvalue weighted by Crippen LogP contribution is -2.15. The minimum absolute atomic E-state index is 0.0684. The molecular weight excluding hydrogens is 392 g/mol. The highest BCUT2D eigenvalue weighted by Crippen LogP contribution is 2.25. The van der Waals surface area contributed by atoms with Gasteiger partial charge in [-0.15, -0.1) is 0 Å². The van der Waals surface area contributed by atoms with Gasteiger partial charge in [0.1, 0.15) is 0 Å². The van der Waals surface area contributed by atoms with Gasteiger partial charge in [-0.3, -0.25) is 14.9 Å². The molecule has 146 valence electrons. The molecule has 28 heavy (non-hydrogen) atoms. The number of anilines is 1. The predicted molar refractivity (Wildman–Crippen MR) is 99.8 cm³/mol. The third-order valence-corrected chi connectivity index (χ3v) is 3.87. The molecule has 0 unspecified atom stereocenters. The van der Waals surface area contributed by atoms with E-state index < -0.39 is 28.5 Å². The number of carbonyl (C=O) groups is 3. The first-order valence-corrected chi connectivity index (χ1v) is 8.30. The van der Waals surface area contributed by atoms with Gasteiger partial charge in [0.25, 0.3) is 11.6 Å². The second-order valence-electron chi connectivity index (χ2n) is 5.39. The largest absolute Gasteiger partial charge is 0.465 e. The van der Waals surface area contributed by atoms with Crippen LogP contribution in [0.25, 0.3) is 0 Å². The molecule has 0 heterocycles. The lowest BCUT2D eigenvalue weighted by molar-refractivity contribution is -0.384. The number of hydrogen-bond donors (Lipinski definition) is 1. The molecule has 0 bridgehead atoms. The summed E-state index contributed by atoms with van der Waals surface area (Å²) in [7, 11) is 1.20. The molecule has 1 amide bonds. The van der Waals surface area contributed by atoms with Gasteiger partial charge in [-0.1, -0.05) is 11.6 Å². The van der Waals surface area contributed by atoms with Crippen LogP contribution in [0, 0.1) is 10.1 Å². The Balaban J connectivity index is 2.40. The summed E-state index contributed by atoms with van der Waals surface area (Å²) in [5.41, 5.74) is -0.510. The van der Waals surface area contributed by atoms with Gasteiger partial charge >= 0.3 is 11.9 Å². The second kappa shape index (κ2) is 8.96. The highest BCUT2D eigenvalue weighted by Gasteiger charge is 2.20. The maximum Gasteiger partial charge on any atom is 0.338 e. The highest BCUT2D eigenvalue weighted by molar-refractivity contribution is 6.34. The van der Waals surface area contributed by atoms with E-state index >= 15 is 0 Å². The van der Waals surface area contributed by atoms with Crippen molar-refractivity contribution >= 4 is 40.8 Å². The van der Waals surface area contributed by atoms with Crippen LogP contribution < -0.4 is 5.32 Å². The Bertz CT molecular complexity index is 959. The van der Waals surface area contributed by atoms with Crippen LogP contribution in [0.15, 0.2) is 36.4 Å². The Morgan fingerprint density at radius 3 is 2.36 bits per heavy atom. The van der Waals surface area contributed by atoms with Crippen molar-refractivity contribution in [1.29, 1.82) is 0 Å². The van der Waals surface area contributed by atoms with Crippen molar-refractivity contribution in [2.75, 3.05) is 19.0 Å². The van der Waals surface area contributed by atoms with Crippen LogP contribution >= 0.6 is 11.6 Å². The maximum absolute atomic E-state index is 12.6. The fraction of sp³-hybridized carbons (Fsp3) is 0.167. The molecule has 0 aliphatic rings. The molecule has 0 aliphatic heterocycles. The standard InChI is InChI=1S/C18H15ClN2O7/c1-3-28-18(24)12-6-11(7-13(8-12)21(25)26)16(22)20-15-9-10(17(23)27-2)4-5-14(15)19/h4-9H,3H2,1-2H3,(H,20,22). The summed E-state index contributed by atoms with van der Waals surface area (Å²) in [5.74, 6) is -2.20. The third-order valence-electron chi connectivity index (χ3n) is 3.54. The number of ether oxygens (including phenoxy) is 2. The Labute approximate surface area is 164 Å². The summed E-state index contributed by atoms with van der Waals surface area (Å²) in [6.07, 6.45) is 0. The molecule has 2 aromatic rings. The first-order chi connectivity index (χ1) is 13.3. The minimum atomic E-state index is -0.800. The number of hydrogen-bond acceptors (Lipinski definition) is 7. The molecule has 0 atom stereocenters. The van der Waals surface area contributed by atoms with E-state index in [0.717, 1.165) is 12.1 Å². The van der Waals surface area contributed by atoms with Crippen molar-refractivity contribution in [3.05, 3.63) is 68.2 Å². The average molecular weight is 407 g/mol. The first kappa shape index (κ1) is 20.8. The number of carbonyl (C=O) groups excluding carboxylic acids is 3. The molecule has 2 rings (SSSR count). The minimum Gasteiger partial charge on any atom is -0.465 e. The maximum atomic E-state index is 12.6. The van der Waals surface area contributed by atoms with Crippen molar-refractivity contribution in [3.63, 3.8) is 0 Å². The van der Waals surface area contributed by atoms with Crippen LogP contribution in [0.2, 0.25) is 5.02 Å². The molecule has 0 saturated carbocycles. The number of esters is 2. The van der Waals surface area contributed by atoms with Crippen molar-refractivity contribution < 1.29 is 28.8 Å². The highest BCUT2D eigenvalue weighted by atomic mass is 35.5. The van der Waals surface area contributed by atoms with Gasteiger partial charge in [-0.2, -0.15) is 0 Å². The monoisotopic (exact) mass is 406 g/mol. The Morgan fingerprint density at radius 2 is 1.75 bits per heavy atom. The number of nitro benzene ring substituents is 1. The number of benzene rings is 2. The van der Waals surface area contributed by atoms with Gasteiger partial charge in [-0.25, -0.2) is 9.59 Å². The lowest BCUT2D eigenvalue weighted by Gasteiger charge is -2.10. The van der Waals surface area contributed by atoms with Crippen molar-refractivity contribution in [2.45, 2.75) is 6.92 Å². The number of rotatable bonds is 6. The fourth-order valence-electron chi connectivity index (χ4n) is 2.24. The first-order valence-electron chi connectivity index (χ1n) is 7.92. The summed E-state index contributed by atoms with van der Waals surface area (Å²) in [6.45, 7) is 1.65. The molecule has 10 heteroatoms. The van der Waals surface area contributed by atoms with Crippen molar-refractivity contribution in [1.82, 2.24) is 0 Å². The molecule has 1 N–H and O–H groups in total. The smallest absolute Gasteiger partial charge is 0.338 e. The number of non-ortho nitro benzene ring substituents is 1. The van der Waals surface area contributed by atoms with Crippen molar-refractivity contribution in [3.8, 4) is 0 Å². The fourth-order valence-corrected chi connectivity index (χ4v) is 2.41. The molecule has 2 aromatic carbocycles. The van der Waals surface area contributed by atoms with Crippen LogP contribution in [-0.4, -0.2) is 36.5 Å². The average Bonchev–Trinajstić information content (AvgIpc) is 2.68. The van der Waals surface area contributed by atoms with E-state index in [1.54, 1.807) is 6.92 Å².